The van der Waals surface area contributed by atoms with Gasteiger partial charge < -0.3 is 15.2 Å². The number of ether oxygens (including phenoxy) is 2. The molecular weight excluding hydrogens is 264 g/mol. The zero-order valence-electron chi connectivity index (χ0n) is 9.72. The molecule has 1 atom stereocenters. The molecule has 0 bridgehead atoms. The normalized spacial score (nSPS) is 16.2. The predicted octanol–water partition coefficient (Wildman–Crippen LogP) is 2.89. The van der Waals surface area contributed by atoms with Crippen molar-refractivity contribution in [2.75, 3.05) is 6.61 Å². The Balaban J connectivity index is 0.00000162. The van der Waals surface area contributed by atoms with Crippen LogP contribution in [0.15, 0.2) is 24.3 Å². The van der Waals surface area contributed by atoms with Crippen LogP contribution in [0.25, 0.3) is 0 Å². The molecule has 2 rings (SSSR count). The largest absolute Gasteiger partial charge is 0.435 e. The first-order valence-electron chi connectivity index (χ1n) is 5.57. The third-order valence-corrected chi connectivity index (χ3v) is 2.55. The van der Waals surface area contributed by atoms with Crippen molar-refractivity contribution in [1.82, 2.24) is 0 Å². The third kappa shape index (κ3) is 4.76. The molecule has 0 spiro atoms. The summed E-state index contributed by atoms with van der Waals surface area (Å²) in [5, 5.41) is 0. The van der Waals surface area contributed by atoms with E-state index in [4.69, 9.17) is 10.5 Å². The third-order valence-electron chi connectivity index (χ3n) is 2.55. The Labute approximate surface area is 111 Å². The molecule has 6 heteroatoms. The number of hydrogen-bond acceptors (Lipinski definition) is 3. The zero-order chi connectivity index (χ0) is 12.3. The molecule has 0 aliphatic heterocycles. The lowest BCUT2D eigenvalue weighted by molar-refractivity contribution is -0.0499. The van der Waals surface area contributed by atoms with Gasteiger partial charge in [0.1, 0.15) is 5.75 Å². The van der Waals surface area contributed by atoms with Crippen molar-refractivity contribution in [3.8, 4) is 5.75 Å². The first-order chi connectivity index (χ1) is 8.15. The lowest BCUT2D eigenvalue weighted by atomic mass is 10.1. The highest BCUT2D eigenvalue weighted by Crippen LogP contribution is 2.26. The van der Waals surface area contributed by atoms with E-state index < -0.39 is 6.61 Å². The second kappa shape index (κ2) is 6.87. The fourth-order valence-corrected chi connectivity index (χ4v) is 1.49. The molecule has 102 valence electrons. The van der Waals surface area contributed by atoms with Gasteiger partial charge in [0.05, 0.1) is 18.8 Å². The van der Waals surface area contributed by atoms with Crippen LogP contribution in [-0.2, 0) is 4.74 Å². The summed E-state index contributed by atoms with van der Waals surface area (Å²) >= 11 is 0. The van der Waals surface area contributed by atoms with Gasteiger partial charge in [-0.15, -0.1) is 12.4 Å². The van der Waals surface area contributed by atoms with E-state index in [-0.39, 0.29) is 24.2 Å². The Kier molecular flexibility index (Phi) is 5.78. The molecule has 0 aromatic heterocycles. The van der Waals surface area contributed by atoms with E-state index in [1.54, 1.807) is 12.1 Å². The van der Waals surface area contributed by atoms with Gasteiger partial charge in [0.25, 0.3) is 0 Å². The molecule has 0 heterocycles. The molecule has 1 saturated carbocycles. The molecule has 1 aromatic carbocycles. The first-order valence-corrected chi connectivity index (χ1v) is 5.57. The zero-order valence-corrected chi connectivity index (χ0v) is 10.5. The average molecular weight is 280 g/mol. The fraction of sp³-hybridized carbons (Fsp3) is 0.500. The Morgan fingerprint density at radius 3 is 2.67 bits per heavy atom. The molecule has 3 nitrogen and oxygen atoms in total. The second-order valence-corrected chi connectivity index (χ2v) is 4.09. The van der Waals surface area contributed by atoms with Crippen molar-refractivity contribution >= 4 is 12.4 Å². The maximum absolute atomic E-state index is 12.0. The topological polar surface area (TPSA) is 44.5 Å². The van der Waals surface area contributed by atoms with Gasteiger partial charge in [-0.1, -0.05) is 12.1 Å². The summed E-state index contributed by atoms with van der Waals surface area (Å²) in [4.78, 5) is 0. The van der Waals surface area contributed by atoms with E-state index in [0.717, 1.165) is 18.4 Å². The van der Waals surface area contributed by atoms with E-state index in [9.17, 15) is 8.78 Å². The molecule has 0 amide bonds. The Morgan fingerprint density at radius 1 is 1.33 bits per heavy atom. The minimum Gasteiger partial charge on any atom is -0.435 e. The smallest absolute Gasteiger partial charge is 0.387 e. The summed E-state index contributed by atoms with van der Waals surface area (Å²) < 4.78 is 33.9. The molecule has 1 fully saturated rings. The van der Waals surface area contributed by atoms with Crippen molar-refractivity contribution in [3.63, 3.8) is 0 Å². The van der Waals surface area contributed by atoms with Crippen LogP contribution in [0.4, 0.5) is 8.78 Å². The highest BCUT2D eigenvalue weighted by molar-refractivity contribution is 5.85. The van der Waals surface area contributed by atoms with Gasteiger partial charge in [0.15, 0.2) is 0 Å². The average Bonchev–Trinajstić information content (AvgIpc) is 3.09. The summed E-state index contributed by atoms with van der Waals surface area (Å²) in [6.45, 7) is -2.41. The number of halogens is 3. The van der Waals surface area contributed by atoms with Gasteiger partial charge in [0, 0.05) is 0 Å². The van der Waals surface area contributed by atoms with E-state index in [1.807, 2.05) is 0 Å². The van der Waals surface area contributed by atoms with E-state index in [0.29, 0.717) is 12.7 Å². The van der Waals surface area contributed by atoms with Gasteiger partial charge in [-0.2, -0.15) is 8.78 Å². The van der Waals surface area contributed by atoms with Crippen LogP contribution in [0, 0.1) is 0 Å². The summed E-state index contributed by atoms with van der Waals surface area (Å²) in [6, 6.07) is 6.11. The highest BCUT2D eigenvalue weighted by Gasteiger charge is 2.23. The summed E-state index contributed by atoms with van der Waals surface area (Å²) in [5.41, 5.74) is 6.64. The second-order valence-electron chi connectivity index (χ2n) is 4.09. The van der Waals surface area contributed by atoms with Crippen LogP contribution in [0.2, 0.25) is 0 Å². The summed E-state index contributed by atoms with van der Waals surface area (Å²) in [6.07, 6.45) is 2.50. The van der Waals surface area contributed by atoms with Crippen molar-refractivity contribution in [3.05, 3.63) is 29.8 Å². The minimum atomic E-state index is -2.82. The SMILES string of the molecule is Cl.N[C@@H](COC1CC1)c1cccc(OC(F)F)c1. The van der Waals surface area contributed by atoms with Gasteiger partial charge in [-0.05, 0) is 30.5 Å². The minimum absolute atomic E-state index is 0. The van der Waals surface area contributed by atoms with Crippen LogP contribution in [0.3, 0.4) is 0 Å². The monoisotopic (exact) mass is 279 g/mol. The van der Waals surface area contributed by atoms with Crippen LogP contribution < -0.4 is 10.5 Å². The van der Waals surface area contributed by atoms with Gasteiger partial charge >= 0.3 is 6.61 Å². The molecule has 2 N–H and O–H groups in total. The Morgan fingerprint density at radius 2 is 2.06 bits per heavy atom. The fourth-order valence-electron chi connectivity index (χ4n) is 1.49. The van der Waals surface area contributed by atoms with E-state index in [2.05, 4.69) is 4.74 Å². The van der Waals surface area contributed by atoms with Gasteiger partial charge in [0.2, 0.25) is 0 Å². The molecular formula is C12H16ClF2NO2. The summed E-state index contributed by atoms with van der Waals surface area (Å²) in [7, 11) is 0. The molecule has 0 saturated heterocycles. The van der Waals surface area contributed by atoms with Gasteiger partial charge in [-0.3, -0.25) is 0 Å². The van der Waals surface area contributed by atoms with E-state index >= 15 is 0 Å². The lowest BCUT2D eigenvalue weighted by Crippen LogP contribution is -2.18. The number of nitrogens with two attached hydrogens (primary N) is 1. The van der Waals surface area contributed by atoms with Crippen LogP contribution in [0.1, 0.15) is 24.4 Å². The Bertz CT molecular complexity index is 375. The predicted molar refractivity (Wildman–Crippen MR) is 66.2 cm³/mol. The van der Waals surface area contributed by atoms with Crippen molar-refractivity contribution in [2.24, 2.45) is 5.73 Å². The van der Waals surface area contributed by atoms with Gasteiger partial charge in [-0.25, -0.2) is 0 Å². The number of benzene rings is 1. The highest BCUT2D eigenvalue weighted by atomic mass is 35.5. The molecule has 0 radical (unpaired) electrons. The quantitative estimate of drug-likeness (QED) is 0.871. The van der Waals surface area contributed by atoms with Crippen molar-refractivity contribution < 1.29 is 18.3 Å². The maximum atomic E-state index is 12.0. The molecule has 1 aliphatic carbocycles. The van der Waals surface area contributed by atoms with Crippen molar-refractivity contribution in [1.29, 1.82) is 0 Å². The first kappa shape index (κ1) is 15.1. The molecule has 1 aliphatic rings. The Hall–Kier alpha value is -0.910. The molecule has 1 aromatic rings. The molecule has 0 unspecified atom stereocenters. The number of rotatable bonds is 6. The lowest BCUT2D eigenvalue weighted by Gasteiger charge is -2.13. The standard InChI is InChI=1S/C12H15F2NO2.ClH/c13-12(14)17-10-3-1-2-8(6-10)11(15)7-16-9-4-5-9;/h1-3,6,9,11-12H,4-5,7,15H2;1H/t11-;/m0./s1. The van der Waals surface area contributed by atoms with Crippen LogP contribution in [0.5, 0.6) is 5.75 Å². The van der Waals surface area contributed by atoms with Crippen molar-refractivity contribution in [2.45, 2.75) is 31.6 Å². The summed E-state index contributed by atoms with van der Waals surface area (Å²) in [5.74, 6) is 0.124. The maximum Gasteiger partial charge on any atom is 0.387 e. The van der Waals surface area contributed by atoms with Crippen LogP contribution in [-0.4, -0.2) is 19.3 Å². The van der Waals surface area contributed by atoms with E-state index in [1.165, 1.54) is 12.1 Å². The molecule has 18 heavy (non-hydrogen) atoms. The van der Waals surface area contributed by atoms with Crippen LogP contribution >= 0.6 is 12.4 Å². The number of hydrogen-bond donors (Lipinski definition) is 1. The number of alkyl halides is 2.